The molecule has 1 N–H and O–H groups in total. The van der Waals surface area contributed by atoms with E-state index in [0.29, 0.717) is 0 Å². The average Bonchev–Trinajstić information content (AvgIpc) is 2.99. The Labute approximate surface area is 111 Å². The molecule has 2 aromatic rings. The number of rotatable bonds is 5. The number of imidazole rings is 1. The zero-order valence-electron chi connectivity index (χ0n) is 10.5. The molecule has 2 aromatic heterocycles. The van der Waals surface area contributed by atoms with Gasteiger partial charge < -0.3 is 9.88 Å². The van der Waals surface area contributed by atoms with Gasteiger partial charge in [-0.15, -0.1) is 11.3 Å². The summed E-state index contributed by atoms with van der Waals surface area (Å²) in [6.07, 6.45) is 6.02. The summed E-state index contributed by atoms with van der Waals surface area (Å²) in [5.74, 6) is 0.0251. The number of amides is 1. The Morgan fingerprint density at radius 3 is 3.00 bits per heavy atom. The number of carbonyl (C=O) groups excluding carboxylic acids is 1. The fourth-order valence-electron chi connectivity index (χ4n) is 1.78. The van der Waals surface area contributed by atoms with E-state index in [1.165, 1.54) is 4.88 Å². The van der Waals surface area contributed by atoms with Crippen molar-refractivity contribution in [2.45, 2.75) is 32.4 Å². The molecule has 4 nitrogen and oxygen atoms in total. The summed E-state index contributed by atoms with van der Waals surface area (Å²) in [4.78, 5) is 17.3. The maximum absolute atomic E-state index is 12.0. The molecule has 0 saturated carbocycles. The zero-order chi connectivity index (χ0) is 13.0. The molecule has 0 radical (unpaired) electrons. The maximum atomic E-state index is 12.0. The lowest BCUT2D eigenvalue weighted by atomic mass is 10.2. The third-order valence-corrected chi connectivity index (χ3v) is 3.73. The van der Waals surface area contributed by atoms with Crippen LogP contribution in [0.3, 0.4) is 0 Å². The van der Waals surface area contributed by atoms with Crippen LogP contribution < -0.4 is 5.32 Å². The van der Waals surface area contributed by atoms with E-state index in [0.717, 1.165) is 6.42 Å². The first kappa shape index (κ1) is 12.8. The smallest absolute Gasteiger partial charge is 0.243 e. The highest BCUT2D eigenvalue weighted by molar-refractivity contribution is 7.09. The number of carbonyl (C=O) groups is 1. The molecular weight excluding hydrogens is 246 g/mol. The Morgan fingerprint density at radius 1 is 1.56 bits per heavy atom. The Bertz CT molecular complexity index is 478. The second-order valence-corrected chi connectivity index (χ2v) is 5.41. The minimum absolute atomic E-state index is 0.0251. The second kappa shape index (κ2) is 5.82. The van der Waals surface area contributed by atoms with Crippen LogP contribution >= 0.6 is 11.3 Å². The van der Waals surface area contributed by atoms with Crippen LogP contribution in [-0.4, -0.2) is 21.5 Å². The van der Waals surface area contributed by atoms with Crippen molar-refractivity contribution >= 4 is 17.2 Å². The minimum atomic E-state index is -0.224. The van der Waals surface area contributed by atoms with Gasteiger partial charge in [-0.05, 0) is 25.3 Å². The molecule has 0 aliphatic rings. The number of nitrogens with zero attached hydrogens (tertiary/aromatic N) is 2. The summed E-state index contributed by atoms with van der Waals surface area (Å²) in [5, 5.41) is 5.08. The van der Waals surface area contributed by atoms with Crippen LogP contribution in [0.1, 0.15) is 24.8 Å². The molecule has 2 heterocycles. The molecule has 0 aliphatic carbocycles. The zero-order valence-corrected chi connectivity index (χ0v) is 11.4. The molecule has 0 spiro atoms. The SMILES string of the molecule is C[C@H](Cc1cccs1)NC(=O)[C@@H](C)n1ccnc1. The highest BCUT2D eigenvalue weighted by Crippen LogP contribution is 2.12. The molecule has 0 fully saturated rings. The first-order valence-corrected chi connectivity index (χ1v) is 6.85. The Kier molecular flexibility index (Phi) is 4.15. The topological polar surface area (TPSA) is 46.9 Å². The lowest BCUT2D eigenvalue weighted by Gasteiger charge is -2.17. The molecule has 0 unspecified atom stereocenters. The molecule has 2 atom stereocenters. The minimum Gasteiger partial charge on any atom is -0.351 e. The van der Waals surface area contributed by atoms with Crippen molar-refractivity contribution < 1.29 is 4.79 Å². The highest BCUT2D eigenvalue weighted by atomic mass is 32.1. The van der Waals surface area contributed by atoms with Gasteiger partial charge in [0.2, 0.25) is 5.91 Å². The van der Waals surface area contributed by atoms with Crippen molar-refractivity contribution in [2.75, 3.05) is 0 Å². The van der Waals surface area contributed by atoms with Crippen LogP contribution in [0.25, 0.3) is 0 Å². The summed E-state index contributed by atoms with van der Waals surface area (Å²) >= 11 is 1.72. The quantitative estimate of drug-likeness (QED) is 0.899. The number of nitrogens with one attached hydrogen (secondary N) is 1. The fraction of sp³-hybridized carbons (Fsp3) is 0.385. The van der Waals surface area contributed by atoms with Crippen LogP contribution in [0.4, 0.5) is 0 Å². The van der Waals surface area contributed by atoms with Gasteiger partial charge in [-0.2, -0.15) is 0 Å². The first-order valence-electron chi connectivity index (χ1n) is 5.97. The number of thiophene rings is 1. The Hall–Kier alpha value is -1.62. The van der Waals surface area contributed by atoms with E-state index in [1.54, 1.807) is 34.6 Å². The van der Waals surface area contributed by atoms with E-state index in [4.69, 9.17) is 0 Å². The first-order chi connectivity index (χ1) is 8.66. The van der Waals surface area contributed by atoms with Crippen molar-refractivity contribution in [3.8, 4) is 0 Å². The van der Waals surface area contributed by atoms with Crippen LogP contribution in [0.15, 0.2) is 36.2 Å². The number of aromatic nitrogens is 2. The van der Waals surface area contributed by atoms with Crippen molar-refractivity contribution in [2.24, 2.45) is 0 Å². The lowest BCUT2D eigenvalue weighted by molar-refractivity contribution is -0.124. The summed E-state index contributed by atoms with van der Waals surface area (Å²) < 4.78 is 1.80. The largest absolute Gasteiger partial charge is 0.351 e. The molecule has 2 rings (SSSR count). The normalized spacial score (nSPS) is 14.1. The van der Waals surface area contributed by atoms with E-state index >= 15 is 0 Å². The van der Waals surface area contributed by atoms with Gasteiger partial charge in [0.1, 0.15) is 6.04 Å². The van der Waals surface area contributed by atoms with Gasteiger partial charge >= 0.3 is 0 Å². The average molecular weight is 263 g/mol. The highest BCUT2D eigenvalue weighted by Gasteiger charge is 2.16. The second-order valence-electron chi connectivity index (χ2n) is 4.38. The number of hydrogen-bond donors (Lipinski definition) is 1. The summed E-state index contributed by atoms with van der Waals surface area (Å²) in [6, 6.07) is 4.04. The van der Waals surface area contributed by atoms with Crippen LogP contribution in [-0.2, 0) is 11.2 Å². The fourth-order valence-corrected chi connectivity index (χ4v) is 2.61. The van der Waals surface area contributed by atoms with Gasteiger partial charge in [0.15, 0.2) is 0 Å². The molecule has 5 heteroatoms. The van der Waals surface area contributed by atoms with E-state index in [9.17, 15) is 4.79 Å². The number of hydrogen-bond acceptors (Lipinski definition) is 3. The van der Waals surface area contributed by atoms with Crippen LogP contribution in [0, 0.1) is 0 Å². The van der Waals surface area contributed by atoms with Crippen molar-refractivity contribution in [1.82, 2.24) is 14.9 Å². The van der Waals surface area contributed by atoms with Crippen molar-refractivity contribution in [3.63, 3.8) is 0 Å². The monoisotopic (exact) mass is 263 g/mol. The van der Waals surface area contributed by atoms with Gasteiger partial charge in [0, 0.05) is 29.7 Å². The Morgan fingerprint density at radius 2 is 2.39 bits per heavy atom. The van der Waals surface area contributed by atoms with Crippen LogP contribution in [0.5, 0.6) is 0 Å². The van der Waals surface area contributed by atoms with Crippen molar-refractivity contribution in [3.05, 3.63) is 41.1 Å². The molecule has 18 heavy (non-hydrogen) atoms. The maximum Gasteiger partial charge on any atom is 0.243 e. The third-order valence-electron chi connectivity index (χ3n) is 2.83. The van der Waals surface area contributed by atoms with Gasteiger partial charge in [-0.3, -0.25) is 4.79 Å². The summed E-state index contributed by atoms with van der Waals surface area (Å²) in [5.41, 5.74) is 0. The van der Waals surface area contributed by atoms with Gasteiger partial charge in [0.25, 0.3) is 0 Å². The lowest BCUT2D eigenvalue weighted by Crippen LogP contribution is -2.38. The molecule has 0 saturated heterocycles. The summed E-state index contributed by atoms with van der Waals surface area (Å²) in [7, 11) is 0. The van der Waals surface area contributed by atoms with Gasteiger partial charge in [-0.25, -0.2) is 4.98 Å². The summed E-state index contributed by atoms with van der Waals surface area (Å²) in [6.45, 7) is 3.90. The molecule has 0 aliphatic heterocycles. The van der Waals surface area contributed by atoms with E-state index in [1.807, 2.05) is 19.9 Å². The third kappa shape index (κ3) is 3.20. The molecule has 0 bridgehead atoms. The predicted molar refractivity (Wildman–Crippen MR) is 72.6 cm³/mol. The van der Waals surface area contributed by atoms with Crippen LogP contribution in [0.2, 0.25) is 0 Å². The molecule has 96 valence electrons. The van der Waals surface area contributed by atoms with E-state index in [-0.39, 0.29) is 18.0 Å². The van der Waals surface area contributed by atoms with Gasteiger partial charge in [0.05, 0.1) is 6.33 Å². The molecular formula is C13H17N3OS. The van der Waals surface area contributed by atoms with E-state index in [2.05, 4.69) is 21.7 Å². The molecule has 1 amide bonds. The standard InChI is InChI=1S/C13H17N3OS/c1-10(8-12-4-3-7-18-12)15-13(17)11(2)16-6-5-14-9-16/h3-7,9-11H,8H2,1-2H3,(H,15,17)/t10-,11-/m1/s1. The molecule has 0 aromatic carbocycles. The van der Waals surface area contributed by atoms with E-state index < -0.39 is 0 Å². The van der Waals surface area contributed by atoms with Crippen molar-refractivity contribution in [1.29, 1.82) is 0 Å². The predicted octanol–water partition coefficient (Wildman–Crippen LogP) is 2.25. The van der Waals surface area contributed by atoms with Gasteiger partial charge in [-0.1, -0.05) is 6.07 Å². The Balaban J connectivity index is 1.87.